The lowest BCUT2D eigenvalue weighted by Gasteiger charge is -2.23. The Balaban J connectivity index is 2.01. The Morgan fingerprint density at radius 2 is 1.86 bits per heavy atom. The van der Waals surface area contributed by atoms with E-state index in [1.54, 1.807) is 12.1 Å². The van der Waals surface area contributed by atoms with Crippen molar-refractivity contribution in [2.45, 2.75) is 18.8 Å². The second kappa shape index (κ2) is 5.22. The number of Topliss-reactive ketones (excluding diaryl/α,β-unsaturated/α-hetero) is 1. The third kappa shape index (κ3) is 2.43. The summed E-state index contributed by atoms with van der Waals surface area (Å²) in [5.74, 6) is -2.11. The first-order valence-electron chi connectivity index (χ1n) is 6.74. The highest BCUT2D eigenvalue weighted by Crippen LogP contribution is 2.31. The van der Waals surface area contributed by atoms with Crippen LogP contribution in [0.2, 0.25) is 0 Å². The maximum absolute atomic E-state index is 13.0. The number of aromatic amines is 1. The van der Waals surface area contributed by atoms with Gasteiger partial charge in [0.1, 0.15) is 11.4 Å². The molecule has 0 saturated carbocycles. The van der Waals surface area contributed by atoms with Crippen molar-refractivity contribution in [2.24, 2.45) is 0 Å². The lowest BCUT2D eigenvalue weighted by molar-refractivity contribution is 0.0695. The first-order valence-corrected chi connectivity index (χ1v) is 6.74. The van der Waals surface area contributed by atoms with E-state index in [0.29, 0.717) is 12.1 Å². The molecule has 5 nitrogen and oxygen atoms in total. The lowest BCUT2D eigenvalue weighted by Crippen LogP contribution is -2.27. The first-order chi connectivity index (χ1) is 10.5. The predicted octanol–water partition coefficient (Wildman–Crippen LogP) is 2.12. The molecule has 1 atom stereocenters. The molecule has 0 spiro atoms. The van der Waals surface area contributed by atoms with Crippen LogP contribution in [0.5, 0.6) is 0 Å². The van der Waals surface area contributed by atoms with E-state index < -0.39 is 17.1 Å². The third-order valence-electron chi connectivity index (χ3n) is 3.88. The van der Waals surface area contributed by atoms with Crippen LogP contribution >= 0.6 is 0 Å². The van der Waals surface area contributed by atoms with Gasteiger partial charge in [0.05, 0.1) is 0 Å². The van der Waals surface area contributed by atoms with Crippen molar-refractivity contribution in [3.63, 3.8) is 0 Å². The highest BCUT2D eigenvalue weighted by Gasteiger charge is 2.28. The molecule has 1 aromatic heterocycles. The van der Waals surface area contributed by atoms with E-state index in [-0.39, 0.29) is 29.5 Å². The fourth-order valence-electron chi connectivity index (χ4n) is 2.76. The van der Waals surface area contributed by atoms with E-state index in [2.05, 4.69) is 4.98 Å². The van der Waals surface area contributed by atoms with Gasteiger partial charge in [-0.15, -0.1) is 0 Å². The zero-order valence-corrected chi connectivity index (χ0v) is 11.4. The van der Waals surface area contributed by atoms with Crippen LogP contribution in [0.15, 0.2) is 35.1 Å². The van der Waals surface area contributed by atoms with Gasteiger partial charge >= 0.3 is 5.97 Å². The quantitative estimate of drug-likeness (QED) is 0.889. The number of H-pyrrole nitrogens is 1. The molecule has 1 aliphatic carbocycles. The Labute approximate surface area is 124 Å². The molecular weight excluding hydrogens is 289 g/mol. The molecule has 0 bridgehead atoms. The molecule has 112 valence electrons. The van der Waals surface area contributed by atoms with E-state index in [0.717, 1.165) is 11.6 Å². The minimum absolute atomic E-state index is 0.160. The van der Waals surface area contributed by atoms with Gasteiger partial charge in [-0.25, -0.2) is 9.18 Å². The maximum atomic E-state index is 13.0. The van der Waals surface area contributed by atoms with Gasteiger partial charge in [0, 0.05) is 17.7 Å². The molecule has 1 aliphatic rings. The van der Waals surface area contributed by atoms with Crippen LogP contribution in [0, 0.1) is 5.82 Å². The van der Waals surface area contributed by atoms with Gasteiger partial charge in [-0.3, -0.25) is 9.59 Å². The number of carbonyl (C=O) groups is 2. The summed E-state index contributed by atoms with van der Waals surface area (Å²) in [4.78, 5) is 37.4. The molecule has 0 fully saturated rings. The van der Waals surface area contributed by atoms with E-state index in [9.17, 15) is 18.8 Å². The number of carboxylic acids is 1. The molecule has 0 saturated heterocycles. The van der Waals surface area contributed by atoms with Crippen molar-refractivity contribution < 1.29 is 19.1 Å². The summed E-state index contributed by atoms with van der Waals surface area (Å²) in [6, 6.07) is 7.01. The molecule has 3 rings (SSSR count). The summed E-state index contributed by atoms with van der Waals surface area (Å²) in [7, 11) is 0. The van der Waals surface area contributed by atoms with Gasteiger partial charge in [0.25, 0.3) is 5.56 Å². The summed E-state index contributed by atoms with van der Waals surface area (Å²) >= 11 is 0. The van der Waals surface area contributed by atoms with Crippen molar-refractivity contribution in [3.8, 4) is 0 Å². The Hall–Kier alpha value is -2.76. The summed E-state index contributed by atoms with van der Waals surface area (Å²) < 4.78 is 13.0. The molecule has 2 N–H and O–H groups in total. The number of rotatable bonds is 2. The normalized spacial score (nSPS) is 17.1. The summed E-state index contributed by atoms with van der Waals surface area (Å²) in [6.45, 7) is 0. The summed E-state index contributed by atoms with van der Waals surface area (Å²) in [6.07, 6.45) is 0.603. The van der Waals surface area contributed by atoms with Crippen LogP contribution in [0.25, 0.3) is 0 Å². The van der Waals surface area contributed by atoms with Gasteiger partial charge in [-0.1, -0.05) is 12.1 Å². The second-order valence-electron chi connectivity index (χ2n) is 5.29. The highest BCUT2D eigenvalue weighted by molar-refractivity contribution is 6.00. The maximum Gasteiger partial charge on any atom is 0.341 e. The Bertz CT molecular complexity index is 823. The fraction of sp³-hybridized carbons (Fsp3) is 0.188. The average Bonchev–Trinajstić information content (AvgIpc) is 2.46. The number of halogens is 1. The number of nitrogens with one attached hydrogen (secondary N) is 1. The Morgan fingerprint density at radius 3 is 2.50 bits per heavy atom. The van der Waals surface area contributed by atoms with E-state index in [4.69, 9.17) is 5.11 Å². The second-order valence-corrected chi connectivity index (χ2v) is 5.29. The largest absolute Gasteiger partial charge is 0.477 e. The topological polar surface area (TPSA) is 87.2 Å². The number of benzene rings is 1. The van der Waals surface area contributed by atoms with Gasteiger partial charge in [-0.2, -0.15) is 0 Å². The number of aromatic nitrogens is 1. The first kappa shape index (κ1) is 14.2. The third-order valence-corrected chi connectivity index (χ3v) is 3.88. The number of carbonyl (C=O) groups excluding carboxylic acids is 1. The van der Waals surface area contributed by atoms with Gasteiger partial charge in [-0.05, 0) is 36.1 Å². The zero-order chi connectivity index (χ0) is 15.9. The van der Waals surface area contributed by atoms with Gasteiger partial charge in [0.15, 0.2) is 5.78 Å². The minimum atomic E-state index is -1.36. The van der Waals surface area contributed by atoms with Crippen molar-refractivity contribution in [3.05, 3.63) is 68.9 Å². The number of fused-ring (bicyclic) bond motifs is 1. The standard InChI is InChI=1S/C16H12FNO4/c17-10-3-1-8(2-4-10)9-5-13-11(14(19)6-9)7-12(16(21)22)15(20)18-13/h1-4,7,9H,5-6H2,(H,18,20)(H,21,22). The molecule has 0 radical (unpaired) electrons. The van der Waals surface area contributed by atoms with Crippen LogP contribution in [0.3, 0.4) is 0 Å². The molecule has 22 heavy (non-hydrogen) atoms. The monoisotopic (exact) mass is 301 g/mol. The van der Waals surface area contributed by atoms with Crippen LogP contribution in [0.4, 0.5) is 4.39 Å². The van der Waals surface area contributed by atoms with Crippen LogP contribution in [-0.4, -0.2) is 21.8 Å². The van der Waals surface area contributed by atoms with Crippen molar-refractivity contribution in [1.82, 2.24) is 4.98 Å². The number of hydrogen-bond donors (Lipinski definition) is 2. The number of carboxylic acid groups (broad SMARTS) is 1. The number of ketones is 1. The van der Waals surface area contributed by atoms with Gasteiger partial charge in [0.2, 0.25) is 0 Å². The minimum Gasteiger partial charge on any atom is -0.477 e. The van der Waals surface area contributed by atoms with Crippen LogP contribution in [-0.2, 0) is 6.42 Å². The predicted molar refractivity (Wildman–Crippen MR) is 75.8 cm³/mol. The smallest absolute Gasteiger partial charge is 0.341 e. The SMILES string of the molecule is O=C1CC(c2ccc(F)cc2)Cc2[nH]c(=O)c(C(=O)O)cc21. The number of aromatic carboxylic acids is 1. The number of pyridine rings is 1. The van der Waals surface area contributed by atoms with E-state index >= 15 is 0 Å². The molecule has 1 heterocycles. The van der Waals surface area contributed by atoms with Crippen molar-refractivity contribution in [2.75, 3.05) is 0 Å². The molecule has 0 aliphatic heterocycles. The Morgan fingerprint density at radius 1 is 1.18 bits per heavy atom. The molecule has 1 aromatic carbocycles. The van der Waals surface area contributed by atoms with Crippen molar-refractivity contribution in [1.29, 1.82) is 0 Å². The molecule has 1 unspecified atom stereocenters. The number of hydrogen-bond acceptors (Lipinski definition) is 3. The lowest BCUT2D eigenvalue weighted by atomic mass is 9.81. The fourth-order valence-corrected chi connectivity index (χ4v) is 2.76. The zero-order valence-electron chi connectivity index (χ0n) is 11.4. The molecular formula is C16H12FNO4. The van der Waals surface area contributed by atoms with Crippen LogP contribution < -0.4 is 5.56 Å². The highest BCUT2D eigenvalue weighted by atomic mass is 19.1. The van der Waals surface area contributed by atoms with Gasteiger partial charge < -0.3 is 10.1 Å². The Kier molecular flexibility index (Phi) is 3.36. The van der Waals surface area contributed by atoms with E-state index in [1.807, 2.05) is 0 Å². The summed E-state index contributed by atoms with van der Waals surface area (Å²) in [5, 5.41) is 8.94. The summed E-state index contributed by atoms with van der Waals surface area (Å²) in [5.41, 5.74) is 0.325. The van der Waals surface area contributed by atoms with Crippen LogP contribution in [0.1, 0.15) is 44.3 Å². The van der Waals surface area contributed by atoms with Crippen molar-refractivity contribution >= 4 is 11.8 Å². The molecule has 2 aromatic rings. The molecule has 6 heteroatoms. The average molecular weight is 301 g/mol. The van der Waals surface area contributed by atoms with E-state index in [1.165, 1.54) is 12.1 Å². The molecule has 0 amide bonds.